The molecule has 3 aromatic rings. The van der Waals surface area contributed by atoms with E-state index in [0.29, 0.717) is 10.6 Å². The first-order valence-electron chi connectivity index (χ1n) is 13.6. The van der Waals surface area contributed by atoms with Gasteiger partial charge in [0.1, 0.15) is 5.00 Å². The molecule has 0 fully saturated rings. The molecule has 0 aliphatic heterocycles. The predicted molar refractivity (Wildman–Crippen MR) is 156 cm³/mol. The molecule has 0 aromatic carbocycles. The standard InChI is InChI=1S/C28H36N4O3S3/c1-16(2)32-25(20-14-36-22-13-17(3)11-12-18(20)22)30-31-28(32)37-15-23(33)29-26-24(27(34)35-4)19-9-7-5-6-8-10-21(19)38-26/h14,16-17H,5-13,15H2,1-4H3,(H,29,33). The summed E-state index contributed by atoms with van der Waals surface area (Å²) in [5.74, 6) is 1.28. The van der Waals surface area contributed by atoms with Gasteiger partial charge in [-0.25, -0.2) is 4.79 Å². The minimum Gasteiger partial charge on any atom is -0.465 e. The maximum Gasteiger partial charge on any atom is 0.341 e. The first kappa shape index (κ1) is 27.4. The van der Waals surface area contributed by atoms with Crippen LogP contribution in [0.3, 0.4) is 0 Å². The fourth-order valence-electron chi connectivity index (χ4n) is 5.51. The first-order valence-corrected chi connectivity index (χ1v) is 16.3. The number of ether oxygens (including phenoxy) is 1. The number of carbonyl (C=O) groups is 2. The molecular weight excluding hydrogens is 537 g/mol. The van der Waals surface area contributed by atoms with Gasteiger partial charge in [-0.1, -0.05) is 31.5 Å². The number of hydrogen-bond acceptors (Lipinski definition) is 8. The molecule has 2 aliphatic carbocycles. The molecule has 0 bridgehead atoms. The quantitative estimate of drug-likeness (QED) is 0.244. The lowest BCUT2D eigenvalue weighted by atomic mass is 9.88. The van der Waals surface area contributed by atoms with Gasteiger partial charge in [-0.05, 0) is 75.8 Å². The van der Waals surface area contributed by atoms with E-state index >= 15 is 0 Å². The van der Waals surface area contributed by atoms with Crippen LogP contribution in [0.4, 0.5) is 5.00 Å². The number of amides is 1. The summed E-state index contributed by atoms with van der Waals surface area (Å²) in [5.41, 5.74) is 4.20. The van der Waals surface area contributed by atoms with Gasteiger partial charge in [-0.2, -0.15) is 0 Å². The molecule has 1 amide bonds. The maximum atomic E-state index is 13.1. The lowest BCUT2D eigenvalue weighted by Crippen LogP contribution is -2.17. The number of thioether (sulfide) groups is 1. The van der Waals surface area contributed by atoms with E-state index in [9.17, 15) is 9.59 Å². The largest absolute Gasteiger partial charge is 0.465 e. The van der Waals surface area contributed by atoms with E-state index in [0.717, 1.165) is 61.0 Å². The molecule has 1 atom stereocenters. The van der Waals surface area contributed by atoms with Crippen LogP contribution in [0.2, 0.25) is 0 Å². The van der Waals surface area contributed by atoms with Crippen molar-refractivity contribution in [1.82, 2.24) is 14.8 Å². The van der Waals surface area contributed by atoms with Crippen molar-refractivity contribution in [3.8, 4) is 11.4 Å². The summed E-state index contributed by atoms with van der Waals surface area (Å²) in [4.78, 5) is 28.5. The number of fused-ring (bicyclic) bond motifs is 2. The van der Waals surface area contributed by atoms with E-state index in [-0.39, 0.29) is 23.7 Å². The van der Waals surface area contributed by atoms with Gasteiger partial charge in [0.2, 0.25) is 5.91 Å². The van der Waals surface area contributed by atoms with Gasteiger partial charge in [0, 0.05) is 26.7 Å². The molecule has 0 saturated heterocycles. The van der Waals surface area contributed by atoms with E-state index < -0.39 is 0 Å². The number of nitrogens with one attached hydrogen (secondary N) is 1. The Hall–Kier alpha value is -2.17. The zero-order valence-electron chi connectivity index (χ0n) is 22.6. The van der Waals surface area contributed by atoms with Crippen LogP contribution in [0.1, 0.15) is 90.2 Å². The molecule has 3 aromatic heterocycles. The zero-order valence-corrected chi connectivity index (χ0v) is 25.0. The second-order valence-corrected chi connectivity index (χ2v) is 13.6. The number of hydrogen-bond donors (Lipinski definition) is 1. The molecule has 38 heavy (non-hydrogen) atoms. The third-order valence-electron chi connectivity index (χ3n) is 7.47. The summed E-state index contributed by atoms with van der Waals surface area (Å²) in [5, 5.41) is 15.7. The van der Waals surface area contributed by atoms with Crippen LogP contribution in [0.25, 0.3) is 11.4 Å². The molecule has 1 N–H and O–H groups in total. The van der Waals surface area contributed by atoms with Crippen molar-refractivity contribution in [2.24, 2.45) is 5.92 Å². The molecule has 2 aliphatic rings. The minimum atomic E-state index is -0.372. The van der Waals surface area contributed by atoms with Crippen molar-refractivity contribution in [2.75, 3.05) is 18.2 Å². The third kappa shape index (κ3) is 5.58. The van der Waals surface area contributed by atoms with Gasteiger partial charge >= 0.3 is 5.97 Å². The van der Waals surface area contributed by atoms with E-state index in [1.807, 2.05) is 11.3 Å². The topological polar surface area (TPSA) is 86.1 Å². The fourth-order valence-corrected chi connectivity index (χ4v) is 8.91. The predicted octanol–water partition coefficient (Wildman–Crippen LogP) is 6.95. The lowest BCUT2D eigenvalue weighted by molar-refractivity contribution is -0.113. The van der Waals surface area contributed by atoms with Gasteiger partial charge in [-0.3, -0.25) is 9.36 Å². The molecular formula is C28H36N4O3S3. The van der Waals surface area contributed by atoms with Crippen LogP contribution in [0.5, 0.6) is 0 Å². The SMILES string of the molecule is COC(=O)c1c(NC(=O)CSc2nnc(-c3csc4c3CCC(C)C4)n2C(C)C)sc2c1CCCCCC2. The molecule has 0 saturated carbocycles. The lowest BCUT2D eigenvalue weighted by Gasteiger charge is -2.19. The Bertz CT molecular complexity index is 1320. The molecule has 10 heteroatoms. The Morgan fingerprint density at radius 3 is 2.68 bits per heavy atom. The molecule has 5 rings (SSSR count). The molecule has 1 unspecified atom stereocenters. The first-order chi connectivity index (χ1) is 18.4. The summed E-state index contributed by atoms with van der Waals surface area (Å²) in [6.07, 6.45) is 9.75. The third-order valence-corrected chi connectivity index (χ3v) is 10.7. The number of methoxy groups -OCH3 is 1. The molecule has 204 valence electrons. The highest BCUT2D eigenvalue weighted by molar-refractivity contribution is 7.99. The van der Waals surface area contributed by atoms with Crippen LogP contribution < -0.4 is 5.32 Å². The number of esters is 1. The highest BCUT2D eigenvalue weighted by atomic mass is 32.2. The highest BCUT2D eigenvalue weighted by Crippen LogP contribution is 2.40. The highest BCUT2D eigenvalue weighted by Gasteiger charge is 2.28. The summed E-state index contributed by atoms with van der Waals surface area (Å²) >= 11 is 4.75. The van der Waals surface area contributed by atoms with Crippen molar-refractivity contribution in [3.63, 3.8) is 0 Å². The summed E-state index contributed by atoms with van der Waals surface area (Å²) in [6, 6.07) is 0.159. The zero-order chi connectivity index (χ0) is 26.8. The second-order valence-electron chi connectivity index (χ2n) is 10.6. The smallest absolute Gasteiger partial charge is 0.341 e. The minimum absolute atomic E-state index is 0.156. The molecule has 0 spiro atoms. The Morgan fingerprint density at radius 2 is 1.92 bits per heavy atom. The number of nitrogens with zero attached hydrogens (tertiary/aromatic N) is 3. The van der Waals surface area contributed by atoms with Crippen molar-refractivity contribution in [2.45, 2.75) is 89.8 Å². The van der Waals surface area contributed by atoms with Crippen LogP contribution >= 0.6 is 34.4 Å². The summed E-state index contributed by atoms with van der Waals surface area (Å²) < 4.78 is 7.25. The summed E-state index contributed by atoms with van der Waals surface area (Å²) in [7, 11) is 1.40. The Labute approximate surface area is 236 Å². The Morgan fingerprint density at radius 1 is 1.13 bits per heavy atom. The second kappa shape index (κ2) is 11.9. The average Bonchev–Trinajstić information content (AvgIpc) is 3.57. The number of rotatable bonds is 7. The number of aryl methyl sites for hydroxylation is 1. The summed E-state index contributed by atoms with van der Waals surface area (Å²) in [6.45, 7) is 6.57. The van der Waals surface area contributed by atoms with Gasteiger partial charge in [-0.15, -0.1) is 32.9 Å². The van der Waals surface area contributed by atoms with Crippen LogP contribution in [0.15, 0.2) is 10.5 Å². The van der Waals surface area contributed by atoms with Crippen LogP contribution in [-0.2, 0) is 35.2 Å². The Balaban J connectivity index is 1.34. The molecule has 7 nitrogen and oxygen atoms in total. The van der Waals surface area contributed by atoms with Gasteiger partial charge in [0.25, 0.3) is 0 Å². The van der Waals surface area contributed by atoms with Crippen LogP contribution in [-0.4, -0.2) is 39.5 Å². The van der Waals surface area contributed by atoms with Crippen molar-refractivity contribution < 1.29 is 14.3 Å². The maximum absolute atomic E-state index is 13.1. The number of anilines is 1. The van der Waals surface area contributed by atoms with E-state index in [4.69, 9.17) is 4.74 Å². The van der Waals surface area contributed by atoms with Crippen molar-refractivity contribution in [1.29, 1.82) is 0 Å². The van der Waals surface area contributed by atoms with Gasteiger partial charge in [0.05, 0.1) is 18.4 Å². The van der Waals surface area contributed by atoms with Gasteiger partial charge in [0.15, 0.2) is 11.0 Å². The fraction of sp³-hybridized carbons (Fsp3) is 0.571. The van der Waals surface area contributed by atoms with E-state index in [2.05, 4.69) is 46.2 Å². The van der Waals surface area contributed by atoms with Crippen LogP contribution in [0, 0.1) is 5.92 Å². The van der Waals surface area contributed by atoms with Crippen molar-refractivity contribution >= 4 is 51.3 Å². The normalized spacial score (nSPS) is 17.4. The monoisotopic (exact) mass is 572 g/mol. The Kier molecular flexibility index (Phi) is 8.59. The number of thiophene rings is 2. The number of aromatic nitrogens is 3. The average molecular weight is 573 g/mol. The van der Waals surface area contributed by atoms with E-state index in [1.165, 1.54) is 70.4 Å². The van der Waals surface area contributed by atoms with Gasteiger partial charge < -0.3 is 10.1 Å². The molecule has 0 radical (unpaired) electrons. The van der Waals surface area contributed by atoms with E-state index in [1.54, 1.807) is 0 Å². The molecule has 3 heterocycles. The van der Waals surface area contributed by atoms with Crippen molar-refractivity contribution in [3.05, 3.63) is 31.8 Å². The number of carbonyl (C=O) groups excluding carboxylic acids is 2.